The van der Waals surface area contributed by atoms with E-state index in [0.717, 1.165) is 50.5 Å². The summed E-state index contributed by atoms with van der Waals surface area (Å²) in [5.74, 6) is -3.28. The summed E-state index contributed by atoms with van der Waals surface area (Å²) in [5.41, 5.74) is 9.42. The largest absolute Gasteiger partial charge is 0.508 e. The fourth-order valence-electron chi connectivity index (χ4n) is 10.4. The number of cyclic esters (lactones) is 1. The third kappa shape index (κ3) is 8.95. The Kier molecular flexibility index (Phi) is 12.9. The van der Waals surface area contributed by atoms with Crippen molar-refractivity contribution in [1.82, 2.24) is 30.1 Å². The monoisotopic (exact) mass is 902 g/mol. The number of β-amino-alcohol motifs (C(OH)–C–C–N with tert-alkyl or cyclic N) is 1. The molecule has 3 aromatic carbocycles. The van der Waals surface area contributed by atoms with Crippen LogP contribution >= 0.6 is 0 Å². The molecule has 0 saturated carbocycles. The van der Waals surface area contributed by atoms with Gasteiger partial charge in [-0.25, -0.2) is 5.43 Å². The number of hydrogen-bond acceptors (Lipinski definition) is 10. The second kappa shape index (κ2) is 18.3. The minimum Gasteiger partial charge on any atom is -0.508 e. The number of phenols is 1. The van der Waals surface area contributed by atoms with E-state index in [-0.39, 0.29) is 44.8 Å². The lowest BCUT2D eigenvalue weighted by Gasteiger charge is -2.37. The number of phenolic OH excluding ortho intramolecular Hbond substituents is 1. The Bertz CT molecular complexity index is 2600. The van der Waals surface area contributed by atoms with Gasteiger partial charge in [-0.2, -0.15) is 0 Å². The second-order valence-electron chi connectivity index (χ2n) is 19.5. The number of esters is 1. The van der Waals surface area contributed by atoms with Crippen LogP contribution in [0.4, 0.5) is 0 Å². The molecule has 4 aliphatic rings. The summed E-state index contributed by atoms with van der Waals surface area (Å²) in [6, 6.07) is 14.6. The summed E-state index contributed by atoms with van der Waals surface area (Å²) in [4.78, 5) is 72.0. The Balaban J connectivity index is 1.19. The van der Waals surface area contributed by atoms with Crippen molar-refractivity contribution in [2.45, 2.75) is 110 Å². The van der Waals surface area contributed by atoms with Crippen LogP contribution < -0.4 is 10.7 Å². The summed E-state index contributed by atoms with van der Waals surface area (Å²) < 4.78 is 14.4. The zero-order chi connectivity index (χ0) is 47.2. The van der Waals surface area contributed by atoms with E-state index in [1.54, 1.807) is 26.0 Å². The predicted molar refractivity (Wildman–Crippen MR) is 248 cm³/mol. The van der Waals surface area contributed by atoms with Crippen molar-refractivity contribution in [3.63, 3.8) is 0 Å². The van der Waals surface area contributed by atoms with Crippen LogP contribution in [0.5, 0.6) is 5.75 Å². The van der Waals surface area contributed by atoms with E-state index < -0.39 is 64.7 Å². The number of nitrogens with zero attached hydrogens (tertiary/aromatic N) is 4. The van der Waals surface area contributed by atoms with Gasteiger partial charge in [-0.3, -0.25) is 29.0 Å². The van der Waals surface area contributed by atoms with Gasteiger partial charge in [-0.05, 0) is 95.8 Å². The molecule has 0 radical (unpaired) electrons. The molecule has 6 bridgehead atoms. The zero-order valence-corrected chi connectivity index (χ0v) is 38.8. The molecule has 0 spiro atoms. The number of hydrazine groups is 1. The molecule has 4 atom stereocenters. The quantitative estimate of drug-likeness (QED) is 0.139. The van der Waals surface area contributed by atoms with Gasteiger partial charge in [0.25, 0.3) is 11.8 Å². The number of rotatable bonds is 8. The SMILES string of the molecule is C=CC(=O)N1CC[C@@](O)(C(=O)N(C)[C@H](C(=O)N[C@H]2Cc3cc(O)cc(c3)-c3ccc4c(c3)c(c(-c3cccc5c3COC5)n4CC)CC(C)(C)COC(=O)[C@@H]3CCCN(N3)C2=O)C(C)C)C1. The van der Waals surface area contributed by atoms with Gasteiger partial charge in [0.1, 0.15) is 23.9 Å². The number of likely N-dealkylation sites (N-methyl/N-ethyl adjacent to an activating group) is 1. The number of hydrogen-bond donors (Lipinski definition) is 4. The van der Waals surface area contributed by atoms with E-state index in [1.165, 1.54) is 21.9 Å². The number of carbonyl (C=O) groups is 5. The predicted octanol–water partition coefficient (Wildman–Crippen LogP) is 5.01. The lowest BCUT2D eigenvalue weighted by Crippen LogP contribution is -2.63. The zero-order valence-electron chi connectivity index (χ0n) is 38.8. The maximum Gasteiger partial charge on any atom is 0.324 e. The minimum atomic E-state index is -1.92. The molecule has 4 amide bonds. The average molecular weight is 903 g/mol. The van der Waals surface area contributed by atoms with Crippen molar-refractivity contribution >= 4 is 40.5 Å². The Morgan fingerprint density at radius 2 is 1.83 bits per heavy atom. The Hall–Kier alpha value is -6.03. The van der Waals surface area contributed by atoms with Crippen molar-refractivity contribution in [3.05, 3.63) is 89.5 Å². The molecular formula is C51H62N6O9. The van der Waals surface area contributed by atoms with Crippen LogP contribution in [-0.2, 0) is 66.0 Å². The first-order valence-electron chi connectivity index (χ1n) is 23.0. The maximum atomic E-state index is 14.7. The number of likely N-dealkylation sites (tertiary alicyclic amines) is 1. The third-order valence-corrected chi connectivity index (χ3v) is 13.6. The summed E-state index contributed by atoms with van der Waals surface area (Å²) in [6.45, 7) is 15.3. The van der Waals surface area contributed by atoms with Crippen molar-refractivity contribution in [2.75, 3.05) is 33.3 Å². The summed E-state index contributed by atoms with van der Waals surface area (Å²) in [6.07, 6.45) is 2.54. The van der Waals surface area contributed by atoms with E-state index in [4.69, 9.17) is 9.47 Å². The number of fused-ring (bicyclic) bond motifs is 7. The molecule has 8 rings (SSSR count). The molecule has 350 valence electrons. The summed E-state index contributed by atoms with van der Waals surface area (Å²) in [7, 11) is 1.43. The molecule has 0 unspecified atom stereocenters. The Morgan fingerprint density at radius 1 is 1.05 bits per heavy atom. The van der Waals surface area contributed by atoms with Crippen molar-refractivity contribution in [1.29, 1.82) is 0 Å². The van der Waals surface area contributed by atoms with E-state index in [1.807, 2.05) is 12.1 Å². The maximum absolute atomic E-state index is 14.7. The molecular weight excluding hydrogens is 841 g/mol. The number of aromatic nitrogens is 1. The number of ether oxygens (including phenoxy) is 2. The van der Waals surface area contributed by atoms with E-state index in [9.17, 15) is 34.2 Å². The molecule has 5 heterocycles. The number of aliphatic hydroxyl groups is 1. The van der Waals surface area contributed by atoms with Crippen LogP contribution in [0.3, 0.4) is 0 Å². The molecule has 4 N–H and O–H groups in total. The average Bonchev–Trinajstić information content (AvgIpc) is 4.02. The highest BCUT2D eigenvalue weighted by atomic mass is 16.5. The first-order chi connectivity index (χ1) is 31.4. The van der Waals surface area contributed by atoms with Crippen molar-refractivity contribution in [2.24, 2.45) is 11.3 Å². The van der Waals surface area contributed by atoms with Gasteiger partial charge < -0.3 is 39.4 Å². The van der Waals surface area contributed by atoms with Gasteiger partial charge in [-0.15, -0.1) is 0 Å². The highest BCUT2D eigenvalue weighted by Gasteiger charge is 2.48. The number of aryl methyl sites for hydroxylation is 1. The summed E-state index contributed by atoms with van der Waals surface area (Å²) in [5, 5.41) is 28.1. The number of amides is 4. The molecule has 15 heteroatoms. The smallest absolute Gasteiger partial charge is 0.324 e. The van der Waals surface area contributed by atoms with Crippen molar-refractivity contribution < 1.29 is 43.7 Å². The number of benzene rings is 3. The lowest BCUT2D eigenvalue weighted by molar-refractivity contribution is -0.156. The van der Waals surface area contributed by atoms with Gasteiger partial charge in [0, 0.05) is 61.4 Å². The molecule has 4 aromatic rings. The number of aromatic hydroxyl groups is 1. The van der Waals surface area contributed by atoms with Crippen LogP contribution in [0.1, 0.15) is 76.1 Å². The molecule has 0 aliphatic carbocycles. The van der Waals surface area contributed by atoms with Crippen LogP contribution in [-0.4, -0.2) is 116 Å². The first-order valence-corrected chi connectivity index (χ1v) is 23.0. The molecule has 2 saturated heterocycles. The highest BCUT2D eigenvalue weighted by Crippen LogP contribution is 2.43. The van der Waals surface area contributed by atoms with Gasteiger partial charge in [0.15, 0.2) is 5.60 Å². The van der Waals surface area contributed by atoms with Gasteiger partial charge >= 0.3 is 5.97 Å². The van der Waals surface area contributed by atoms with Crippen LogP contribution in [0.15, 0.2) is 67.3 Å². The fourth-order valence-corrected chi connectivity index (χ4v) is 10.4. The molecule has 66 heavy (non-hydrogen) atoms. The molecule has 2 fully saturated rings. The van der Waals surface area contributed by atoms with Crippen LogP contribution in [0.2, 0.25) is 0 Å². The highest BCUT2D eigenvalue weighted by molar-refractivity contribution is 5.97. The minimum absolute atomic E-state index is 0.0189. The Morgan fingerprint density at radius 3 is 2.58 bits per heavy atom. The van der Waals surface area contributed by atoms with Gasteiger partial charge in [0.2, 0.25) is 11.8 Å². The van der Waals surface area contributed by atoms with Crippen molar-refractivity contribution in [3.8, 4) is 28.1 Å². The molecule has 15 nitrogen and oxygen atoms in total. The van der Waals surface area contributed by atoms with Gasteiger partial charge in [-0.1, -0.05) is 64.6 Å². The molecule has 1 aromatic heterocycles. The van der Waals surface area contributed by atoms with E-state index in [2.05, 4.69) is 73.0 Å². The Labute approximate surface area is 385 Å². The van der Waals surface area contributed by atoms with Gasteiger partial charge in [0.05, 0.1) is 32.1 Å². The van der Waals surface area contributed by atoms with Crippen LogP contribution in [0.25, 0.3) is 33.3 Å². The number of carbonyl (C=O) groups excluding carboxylic acids is 5. The fraction of sp³-hybridized carbons (Fsp3) is 0.471. The molecule has 4 aliphatic heterocycles. The second-order valence-corrected chi connectivity index (χ2v) is 19.5. The van der Waals surface area contributed by atoms with E-state index >= 15 is 0 Å². The first kappa shape index (κ1) is 46.5. The third-order valence-electron chi connectivity index (χ3n) is 13.6. The standard InChI is InChI=1S/C51H62N6O9/c1-8-43(59)55-19-17-51(64,28-55)49(63)54(7)44(30(3)4)46(60)52-41-22-31-20-34(23-35(58)21-31)32-15-16-42-37(24-32)38(45(56(42)9-2)36-13-10-12-33-26-65-27-39(33)36)25-50(5,6)29-66-48(62)40-14-11-18-57(53-40)47(41)61/h8,10,12-13,15-16,20-21,23-24,30,40-41,44,53,58,64H,1,9,11,14,17-19,22,25-29H2,2-7H3,(H,52,60)/t40-,41-,44-,51-/m0/s1. The normalized spacial score (nSPS) is 22.4. The lowest BCUT2D eigenvalue weighted by atomic mass is 9.83. The topological polar surface area (TPSA) is 183 Å². The van der Waals surface area contributed by atoms with Crippen LogP contribution in [0, 0.1) is 11.3 Å². The van der Waals surface area contributed by atoms with E-state index in [0.29, 0.717) is 50.1 Å². The number of nitrogens with one attached hydrogen (secondary N) is 2. The summed E-state index contributed by atoms with van der Waals surface area (Å²) >= 11 is 0.